The van der Waals surface area contributed by atoms with Crippen molar-refractivity contribution in [2.45, 2.75) is 35.9 Å². The molecule has 24 heavy (non-hydrogen) atoms. The Labute approximate surface area is 135 Å². The molecule has 9 heteroatoms. The SMILES string of the molecule is O=C(O)C[C@H](c1ccc(O)cc1)[C@@]1(O)C(=O)O[C@@H]2[C@@H](O)CO[C@@]21O. The number of fused-ring (bicyclic) bond motifs is 1. The third kappa shape index (κ3) is 2.17. The van der Waals surface area contributed by atoms with Crippen LogP contribution >= 0.6 is 0 Å². The van der Waals surface area contributed by atoms with Gasteiger partial charge in [-0.05, 0) is 17.7 Å². The number of phenols is 1. The summed E-state index contributed by atoms with van der Waals surface area (Å²) >= 11 is 0. The van der Waals surface area contributed by atoms with Gasteiger partial charge in [0.05, 0.1) is 13.0 Å². The number of rotatable bonds is 4. The standard InChI is InChI=1S/C15H16O9/c16-8-3-1-7(2-4-8)9(5-11(18)19)14(21)13(20)24-12-10(17)6-23-15(12,14)22/h1-4,9-10,12,16-17,21-22H,5-6H2,(H,18,19)/t9-,10+,12-,14-,15+/m1/s1. The molecule has 5 atom stereocenters. The Kier molecular flexibility index (Phi) is 3.76. The summed E-state index contributed by atoms with van der Waals surface area (Å²) in [4.78, 5) is 23.5. The molecule has 2 aliphatic rings. The highest BCUT2D eigenvalue weighted by molar-refractivity contribution is 5.86. The number of esters is 1. The van der Waals surface area contributed by atoms with Crippen molar-refractivity contribution < 1.29 is 44.6 Å². The minimum absolute atomic E-state index is 0.0991. The topological polar surface area (TPSA) is 154 Å². The molecule has 0 spiro atoms. The average molecular weight is 340 g/mol. The van der Waals surface area contributed by atoms with Crippen molar-refractivity contribution >= 4 is 11.9 Å². The van der Waals surface area contributed by atoms with Crippen LogP contribution in [0.4, 0.5) is 0 Å². The largest absolute Gasteiger partial charge is 0.508 e. The molecule has 0 amide bonds. The predicted molar refractivity (Wildman–Crippen MR) is 74.8 cm³/mol. The van der Waals surface area contributed by atoms with Gasteiger partial charge in [0, 0.05) is 5.92 Å². The average Bonchev–Trinajstić information content (AvgIpc) is 2.92. The number of hydrogen-bond donors (Lipinski definition) is 5. The maximum Gasteiger partial charge on any atom is 0.345 e. The fourth-order valence-electron chi connectivity index (χ4n) is 3.26. The lowest BCUT2D eigenvalue weighted by molar-refractivity contribution is -0.269. The van der Waals surface area contributed by atoms with Crippen LogP contribution in [0.1, 0.15) is 17.9 Å². The van der Waals surface area contributed by atoms with E-state index < -0.39 is 47.9 Å². The van der Waals surface area contributed by atoms with Crippen LogP contribution in [0.25, 0.3) is 0 Å². The monoisotopic (exact) mass is 340 g/mol. The Morgan fingerprint density at radius 1 is 1.29 bits per heavy atom. The summed E-state index contributed by atoms with van der Waals surface area (Å²) in [6.07, 6.45) is -3.59. The lowest BCUT2D eigenvalue weighted by Crippen LogP contribution is -2.61. The van der Waals surface area contributed by atoms with Gasteiger partial charge in [-0.1, -0.05) is 12.1 Å². The fraction of sp³-hybridized carbons (Fsp3) is 0.467. The third-order valence-corrected chi connectivity index (χ3v) is 4.48. The summed E-state index contributed by atoms with van der Waals surface area (Å²) < 4.78 is 9.91. The molecule has 0 unspecified atom stereocenters. The first-order chi connectivity index (χ1) is 11.2. The summed E-state index contributed by atoms with van der Waals surface area (Å²) in [5.41, 5.74) is -2.56. The van der Waals surface area contributed by atoms with Crippen molar-refractivity contribution in [3.63, 3.8) is 0 Å². The predicted octanol–water partition coefficient (Wildman–Crippen LogP) is -1.31. The molecule has 2 heterocycles. The van der Waals surface area contributed by atoms with E-state index in [-0.39, 0.29) is 17.9 Å². The maximum absolute atomic E-state index is 12.3. The Hall–Kier alpha value is -2.20. The summed E-state index contributed by atoms with van der Waals surface area (Å²) in [6.45, 7) is -0.383. The summed E-state index contributed by atoms with van der Waals surface area (Å²) in [5.74, 6) is -6.73. The molecular formula is C15H16O9. The van der Waals surface area contributed by atoms with Crippen molar-refractivity contribution in [2.75, 3.05) is 6.61 Å². The second-order valence-corrected chi connectivity index (χ2v) is 5.91. The Balaban J connectivity index is 2.10. The number of carboxylic acids is 1. The third-order valence-electron chi connectivity index (χ3n) is 4.48. The molecule has 5 N–H and O–H groups in total. The van der Waals surface area contributed by atoms with E-state index in [2.05, 4.69) is 0 Å². The number of ether oxygens (including phenoxy) is 2. The number of aliphatic hydroxyl groups is 3. The molecule has 3 rings (SSSR count). The number of carboxylic acid groups (broad SMARTS) is 1. The van der Waals surface area contributed by atoms with E-state index in [1.807, 2.05) is 0 Å². The first-order valence-corrected chi connectivity index (χ1v) is 7.18. The van der Waals surface area contributed by atoms with E-state index in [1.165, 1.54) is 24.3 Å². The molecule has 1 aromatic carbocycles. The zero-order chi connectivity index (χ0) is 17.7. The number of aliphatic carboxylic acids is 1. The van der Waals surface area contributed by atoms with Gasteiger partial charge in [-0.2, -0.15) is 0 Å². The lowest BCUT2D eigenvalue weighted by Gasteiger charge is -2.37. The smallest absolute Gasteiger partial charge is 0.345 e. The van der Waals surface area contributed by atoms with Crippen LogP contribution < -0.4 is 0 Å². The van der Waals surface area contributed by atoms with Gasteiger partial charge in [-0.3, -0.25) is 4.79 Å². The van der Waals surface area contributed by atoms with E-state index in [0.29, 0.717) is 0 Å². The maximum atomic E-state index is 12.3. The number of benzene rings is 1. The van der Waals surface area contributed by atoms with E-state index >= 15 is 0 Å². The summed E-state index contributed by atoms with van der Waals surface area (Å²) in [7, 11) is 0. The van der Waals surface area contributed by atoms with Crippen LogP contribution in [0.5, 0.6) is 5.75 Å². The summed E-state index contributed by atoms with van der Waals surface area (Å²) in [5, 5.41) is 49.9. The molecule has 0 saturated carbocycles. The van der Waals surface area contributed by atoms with E-state index in [1.54, 1.807) is 0 Å². The first-order valence-electron chi connectivity index (χ1n) is 7.18. The number of aliphatic hydroxyl groups excluding tert-OH is 1. The number of aromatic hydroxyl groups is 1. The van der Waals surface area contributed by atoms with Crippen LogP contribution in [-0.2, 0) is 19.1 Å². The minimum atomic E-state index is -2.73. The normalized spacial score (nSPS) is 36.2. The molecule has 130 valence electrons. The quantitative estimate of drug-likeness (QED) is 0.420. The Morgan fingerprint density at radius 2 is 1.92 bits per heavy atom. The highest BCUT2D eigenvalue weighted by atomic mass is 16.7. The van der Waals surface area contributed by atoms with Gasteiger partial charge in [-0.25, -0.2) is 4.79 Å². The molecule has 0 bridgehead atoms. The van der Waals surface area contributed by atoms with Gasteiger partial charge in [-0.15, -0.1) is 0 Å². The molecule has 0 radical (unpaired) electrons. The van der Waals surface area contributed by atoms with Crippen LogP contribution in [0, 0.1) is 0 Å². The lowest BCUT2D eigenvalue weighted by atomic mass is 9.74. The zero-order valence-corrected chi connectivity index (χ0v) is 12.3. The highest BCUT2D eigenvalue weighted by Gasteiger charge is 2.75. The van der Waals surface area contributed by atoms with Crippen molar-refractivity contribution in [1.29, 1.82) is 0 Å². The molecule has 2 fully saturated rings. The van der Waals surface area contributed by atoms with Gasteiger partial charge < -0.3 is 35.0 Å². The summed E-state index contributed by atoms with van der Waals surface area (Å²) in [6, 6.07) is 5.13. The van der Waals surface area contributed by atoms with Crippen LogP contribution in [-0.4, -0.2) is 67.7 Å². The molecule has 2 saturated heterocycles. The van der Waals surface area contributed by atoms with E-state index in [4.69, 9.17) is 14.6 Å². The molecule has 0 aromatic heterocycles. The molecule has 1 aromatic rings. The zero-order valence-electron chi connectivity index (χ0n) is 12.3. The molecule has 9 nitrogen and oxygen atoms in total. The number of hydrogen-bond acceptors (Lipinski definition) is 8. The van der Waals surface area contributed by atoms with Crippen molar-refractivity contribution in [3.8, 4) is 5.75 Å². The molecular weight excluding hydrogens is 324 g/mol. The van der Waals surface area contributed by atoms with Crippen LogP contribution in [0.15, 0.2) is 24.3 Å². The van der Waals surface area contributed by atoms with Gasteiger partial charge in [0.25, 0.3) is 0 Å². The van der Waals surface area contributed by atoms with Crippen molar-refractivity contribution in [1.82, 2.24) is 0 Å². The molecule has 2 aliphatic heterocycles. The minimum Gasteiger partial charge on any atom is -0.508 e. The van der Waals surface area contributed by atoms with Crippen LogP contribution in [0.2, 0.25) is 0 Å². The number of carbonyl (C=O) groups excluding carboxylic acids is 1. The highest BCUT2D eigenvalue weighted by Crippen LogP contribution is 2.50. The Morgan fingerprint density at radius 3 is 2.50 bits per heavy atom. The van der Waals surface area contributed by atoms with E-state index in [9.17, 15) is 30.0 Å². The van der Waals surface area contributed by atoms with Crippen LogP contribution in [0.3, 0.4) is 0 Å². The first kappa shape index (κ1) is 16.7. The molecule has 0 aliphatic carbocycles. The number of phenolic OH excluding ortho intramolecular Hbond substituents is 1. The second-order valence-electron chi connectivity index (χ2n) is 5.91. The second kappa shape index (κ2) is 5.42. The van der Waals surface area contributed by atoms with E-state index in [0.717, 1.165) is 0 Å². The van der Waals surface area contributed by atoms with Gasteiger partial charge in [0.15, 0.2) is 6.10 Å². The van der Waals surface area contributed by atoms with Gasteiger partial charge in [0.2, 0.25) is 11.4 Å². The van der Waals surface area contributed by atoms with Crippen molar-refractivity contribution in [3.05, 3.63) is 29.8 Å². The van der Waals surface area contributed by atoms with Gasteiger partial charge >= 0.3 is 11.9 Å². The van der Waals surface area contributed by atoms with Crippen molar-refractivity contribution in [2.24, 2.45) is 0 Å². The number of carbonyl (C=O) groups is 2. The fourth-order valence-corrected chi connectivity index (χ4v) is 3.26. The Bertz CT molecular complexity index is 672. The van der Waals surface area contributed by atoms with Gasteiger partial charge in [0.1, 0.15) is 11.9 Å².